The molecule has 2 aromatic rings. The van der Waals surface area contributed by atoms with E-state index >= 15 is 0 Å². The number of aryl methyl sites for hydroxylation is 2. The van der Waals surface area contributed by atoms with Crippen LogP contribution in [0.15, 0.2) is 28.9 Å². The highest BCUT2D eigenvalue weighted by Crippen LogP contribution is 2.34. The van der Waals surface area contributed by atoms with E-state index in [0.717, 1.165) is 5.76 Å². The summed E-state index contributed by atoms with van der Waals surface area (Å²) < 4.78 is 5.46. The summed E-state index contributed by atoms with van der Waals surface area (Å²) in [6.07, 6.45) is 8.10. The second-order valence-electron chi connectivity index (χ2n) is 4.77. The standard InChI is InChI=1S/C14H18N2OS/c15-16-14(11-6-4-8-17-11)13-9-10-5-2-1-3-7-12(10)18-13/h4,6,8-9,14,16H,1-3,5,7,15H2. The summed E-state index contributed by atoms with van der Waals surface area (Å²) in [5.74, 6) is 6.56. The van der Waals surface area contributed by atoms with Gasteiger partial charge in [0.2, 0.25) is 0 Å². The highest BCUT2D eigenvalue weighted by molar-refractivity contribution is 7.12. The minimum absolute atomic E-state index is 0.0167. The predicted molar refractivity (Wildman–Crippen MR) is 73.5 cm³/mol. The van der Waals surface area contributed by atoms with Gasteiger partial charge < -0.3 is 4.42 Å². The molecule has 0 bridgehead atoms. The van der Waals surface area contributed by atoms with E-state index in [2.05, 4.69) is 11.5 Å². The third kappa shape index (κ3) is 2.23. The van der Waals surface area contributed by atoms with Crippen LogP contribution >= 0.6 is 11.3 Å². The Kier molecular flexibility index (Phi) is 3.50. The molecule has 0 radical (unpaired) electrons. The number of thiophene rings is 1. The van der Waals surface area contributed by atoms with Gasteiger partial charge in [-0.3, -0.25) is 5.84 Å². The molecule has 0 spiro atoms. The van der Waals surface area contributed by atoms with E-state index < -0.39 is 0 Å². The molecule has 0 saturated carbocycles. The average molecular weight is 262 g/mol. The van der Waals surface area contributed by atoms with Crippen molar-refractivity contribution < 1.29 is 4.42 Å². The third-order valence-electron chi connectivity index (χ3n) is 3.54. The van der Waals surface area contributed by atoms with Gasteiger partial charge in [-0.15, -0.1) is 11.3 Å². The molecule has 0 fully saturated rings. The van der Waals surface area contributed by atoms with Crippen molar-refractivity contribution in [3.8, 4) is 0 Å². The second-order valence-corrected chi connectivity index (χ2v) is 5.94. The Morgan fingerprint density at radius 3 is 2.94 bits per heavy atom. The molecule has 2 aromatic heterocycles. The van der Waals surface area contributed by atoms with Gasteiger partial charge in [0, 0.05) is 9.75 Å². The zero-order valence-corrected chi connectivity index (χ0v) is 11.1. The fourth-order valence-electron chi connectivity index (χ4n) is 2.59. The van der Waals surface area contributed by atoms with E-state index in [-0.39, 0.29) is 6.04 Å². The van der Waals surface area contributed by atoms with E-state index in [1.807, 2.05) is 23.5 Å². The van der Waals surface area contributed by atoms with Crippen LogP contribution in [0.1, 0.15) is 46.4 Å². The van der Waals surface area contributed by atoms with Gasteiger partial charge in [-0.05, 0) is 49.4 Å². The molecule has 3 nitrogen and oxygen atoms in total. The molecule has 1 atom stereocenters. The van der Waals surface area contributed by atoms with E-state index in [0.29, 0.717) is 0 Å². The van der Waals surface area contributed by atoms with Gasteiger partial charge in [-0.1, -0.05) is 6.42 Å². The average Bonchev–Trinajstić information content (AvgIpc) is 2.98. The molecular formula is C14H18N2OS. The first-order valence-electron chi connectivity index (χ1n) is 6.49. The molecule has 1 aliphatic carbocycles. The first-order valence-corrected chi connectivity index (χ1v) is 7.31. The van der Waals surface area contributed by atoms with E-state index in [1.165, 1.54) is 47.4 Å². The molecule has 0 aliphatic heterocycles. The highest BCUT2D eigenvalue weighted by atomic mass is 32.1. The number of hydrogen-bond donors (Lipinski definition) is 2. The molecule has 0 saturated heterocycles. The van der Waals surface area contributed by atoms with E-state index in [1.54, 1.807) is 6.26 Å². The van der Waals surface area contributed by atoms with Crippen LogP contribution in [0, 0.1) is 0 Å². The van der Waals surface area contributed by atoms with Crippen molar-refractivity contribution in [2.24, 2.45) is 5.84 Å². The summed E-state index contributed by atoms with van der Waals surface area (Å²) in [6.45, 7) is 0. The monoisotopic (exact) mass is 262 g/mol. The Labute approximate surface area is 111 Å². The fraction of sp³-hybridized carbons (Fsp3) is 0.429. The van der Waals surface area contributed by atoms with Crippen LogP contribution in [0.2, 0.25) is 0 Å². The summed E-state index contributed by atoms with van der Waals surface area (Å²) in [5, 5.41) is 0. The van der Waals surface area contributed by atoms with Gasteiger partial charge in [0.1, 0.15) is 11.8 Å². The lowest BCUT2D eigenvalue weighted by Gasteiger charge is -2.10. The number of nitrogens with one attached hydrogen (secondary N) is 1. The molecular weight excluding hydrogens is 244 g/mol. The molecule has 3 N–H and O–H groups in total. The van der Waals surface area contributed by atoms with Crippen LogP contribution < -0.4 is 11.3 Å². The van der Waals surface area contributed by atoms with Gasteiger partial charge >= 0.3 is 0 Å². The predicted octanol–water partition coefficient (Wildman–Crippen LogP) is 3.16. The SMILES string of the molecule is NNC(c1ccco1)c1cc2c(s1)CCCCC2. The fourth-order valence-corrected chi connectivity index (χ4v) is 3.92. The number of hydrazine groups is 1. The van der Waals surface area contributed by atoms with Gasteiger partial charge in [0.15, 0.2) is 0 Å². The first kappa shape index (κ1) is 12.0. The second kappa shape index (κ2) is 5.26. The Bertz CT molecular complexity index is 480. The van der Waals surface area contributed by atoms with Crippen molar-refractivity contribution in [2.45, 2.75) is 38.1 Å². The molecule has 0 aromatic carbocycles. The molecule has 1 unspecified atom stereocenters. The van der Waals surface area contributed by atoms with Crippen molar-refractivity contribution in [3.05, 3.63) is 45.5 Å². The molecule has 0 amide bonds. The zero-order chi connectivity index (χ0) is 12.4. The van der Waals surface area contributed by atoms with Crippen LogP contribution in [-0.4, -0.2) is 0 Å². The smallest absolute Gasteiger partial charge is 0.127 e. The Morgan fingerprint density at radius 1 is 1.28 bits per heavy atom. The Balaban J connectivity index is 1.91. The van der Waals surface area contributed by atoms with E-state index in [4.69, 9.17) is 10.3 Å². The number of rotatable bonds is 3. The maximum Gasteiger partial charge on any atom is 0.127 e. The minimum Gasteiger partial charge on any atom is -0.467 e. The molecule has 3 rings (SSSR count). The van der Waals surface area contributed by atoms with Crippen molar-refractivity contribution >= 4 is 11.3 Å². The van der Waals surface area contributed by atoms with Crippen LogP contribution in [-0.2, 0) is 12.8 Å². The number of nitrogens with two attached hydrogens (primary N) is 1. The number of hydrogen-bond acceptors (Lipinski definition) is 4. The third-order valence-corrected chi connectivity index (χ3v) is 4.85. The molecule has 96 valence electrons. The van der Waals surface area contributed by atoms with E-state index in [9.17, 15) is 0 Å². The van der Waals surface area contributed by atoms with Crippen LogP contribution in [0.3, 0.4) is 0 Å². The quantitative estimate of drug-likeness (QED) is 0.507. The normalized spacial score (nSPS) is 17.2. The summed E-state index contributed by atoms with van der Waals surface area (Å²) in [6, 6.07) is 6.16. The minimum atomic E-state index is -0.0167. The van der Waals surface area contributed by atoms with Crippen molar-refractivity contribution in [1.29, 1.82) is 0 Å². The largest absolute Gasteiger partial charge is 0.467 e. The van der Waals surface area contributed by atoms with Crippen LogP contribution in [0.25, 0.3) is 0 Å². The maximum absolute atomic E-state index is 5.68. The summed E-state index contributed by atoms with van der Waals surface area (Å²) in [5.41, 5.74) is 4.38. The first-order chi connectivity index (χ1) is 8.88. The summed E-state index contributed by atoms with van der Waals surface area (Å²) >= 11 is 1.88. The molecule has 4 heteroatoms. The molecule has 18 heavy (non-hydrogen) atoms. The van der Waals surface area contributed by atoms with Gasteiger partial charge in [0.25, 0.3) is 0 Å². The molecule has 2 heterocycles. The molecule has 1 aliphatic rings. The Hall–Kier alpha value is -1.10. The van der Waals surface area contributed by atoms with Crippen molar-refractivity contribution in [1.82, 2.24) is 5.43 Å². The number of fused-ring (bicyclic) bond motifs is 1. The highest BCUT2D eigenvalue weighted by Gasteiger charge is 2.20. The topological polar surface area (TPSA) is 51.2 Å². The lowest BCUT2D eigenvalue weighted by atomic mass is 10.1. The van der Waals surface area contributed by atoms with Crippen LogP contribution in [0.4, 0.5) is 0 Å². The lowest BCUT2D eigenvalue weighted by Crippen LogP contribution is -2.27. The van der Waals surface area contributed by atoms with Gasteiger partial charge in [-0.25, -0.2) is 5.43 Å². The number of furan rings is 1. The van der Waals surface area contributed by atoms with Crippen molar-refractivity contribution in [3.63, 3.8) is 0 Å². The lowest BCUT2D eigenvalue weighted by molar-refractivity contribution is 0.455. The summed E-state index contributed by atoms with van der Waals surface area (Å²) in [7, 11) is 0. The summed E-state index contributed by atoms with van der Waals surface area (Å²) in [4.78, 5) is 2.80. The van der Waals surface area contributed by atoms with Gasteiger partial charge in [-0.2, -0.15) is 0 Å². The maximum atomic E-state index is 5.68. The van der Waals surface area contributed by atoms with Crippen LogP contribution in [0.5, 0.6) is 0 Å². The zero-order valence-electron chi connectivity index (χ0n) is 10.3. The van der Waals surface area contributed by atoms with Crippen molar-refractivity contribution in [2.75, 3.05) is 0 Å². The van der Waals surface area contributed by atoms with Gasteiger partial charge in [0.05, 0.1) is 6.26 Å². The Morgan fingerprint density at radius 2 is 2.17 bits per heavy atom.